The van der Waals surface area contributed by atoms with Crippen molar-refractivity contribution in [2.75, 3.05) is 13.2 Å². The Morgan fingerprint density at radius 2 is 1.89 bits per heavy atom. The summed E-state index contributed by atoms with van der Waals surface area (Å²) in [5.74, 6) is -0.162. The van der Waals surface area contributed by atoms with E-state index in [4.69, 9.17) is 14.2 Å². The third-order valence-electron chi connectivity index (χ3n) is 3.62. The van der Waals surface area contributed by atoms with Crippen LogP contribution in [0.1, 0.15) is 33.3 Å². The van der Waals surface area contributed by atoms with Gasteiger partial charge >= 0.3 is 0 Å². The summed E-state index contributed by atoms with van der Waals surface area (Å²) in [5, 5.41) is 0. The van der Waals surface area contributed by atoms with E-state index in [0.717, 1.165) is 0 Å². The molecule has 106 valence electrons. The van der Waals surface area contributed by atoms with E-state index in [1.807, 2.05) is 32.0 Å². The van der Waals surface area contributed by atoms with Gasteiger partial charge in [0.15, 0.2) is 5.79 Å². The fourth-order valence-electron chi connectivity index (χ4n) is 2.28. The van der Waals surface area contributed by atoms with E-state index in [2.05, 4.69) is 26.0 Å². The first-order valence-electron chi connectivity index (χ1n) is 6.89. The molecular weight excluding hydrogens is 240 g/mol. The zero-order valence-corrected chi connectivity index (χ0v) is 12.3. The van der Waals surface area contributed by atoms with E-state index in [-0.39, 0.29) is 5.60 Å². The molecule has 0 radical (unpaired) electrons. The Hall–Kier alpha value is -0.900. The van der Waals surface area contributed by atoms with Gasteiger partial charge in [-0.25, -0.2) is 0 Å². The molecule has 1 saturated heterocycles. The summed E-state index contributed by atoms with van der Waals surface area (Å²) in [7, 11) is 0. The molecule has 1 aliphatic heterocycles. The van der Waals surface area contributed by atoms with Crippen molar-refractivity contribution in [1.29, 1.82) is 0 Å². The van der Waals surface area contributed by atoms with Crippen molar-refractivity contribution in [1.82, 2.24) is 0 Å². The van der Waals surface area contributed by atoms with E-state index in [0.29, 0.717) is 25.7 Å². The van der Waals surface area contributed by atoms with Crippen molar-refractivity contribution in [3.05, 3.63) is 35.9 Å². The van der Waals surface area contributed by atoms with Crippen LogP contribution in [0.4, 0.5) is 0 Å². The van der Waals surface area contributed by atoms with Crippen LogP contribution >= 0.6 is 0 Å². The minimum absolute atomic E-state index is 0.335. The summed E-state index contributed by atoms with van der Waals surface area (Å²) in [6.07, 6.45) is 0. The molecule has 1 heterocycles. The van der Waals surface area contributed by atoms with Gasteiger partial charge in [-0.2, -0.15) is 0 Å². The lowest BCUT2D eigenvalue weighted by molar-refractivity contribution is -0.185. The first-order chi connectivity index (χ1) is 8.94. The van der Waals surface area contributed by atoms with E-state index >= 15 is 0 Å². The molecule has 1 unspecified atom stereocenters. The molecule has 1 aromatic carbocycles. The van der Waals surface area contributed by atoms with Gasteiger partial charge in [0, 0.05) is 0 Å². The van der Waals surface area contributed by atoms with Gasteiger partial charge < -0.3 is 14.2 Å². The lowest BCUT2D eigenvalue weighted by Gasteiger charge is -2.32. The first-order valence-corrected chi connectivity index (χ1v) is 6.89. The predicted octanol–water partition coefficient (Wildman–Crippen LogP) is 3.38. The topological polar surface area (TPSA) is 27.7 Å². The van der Waals surface area contributed by atoms with Crippen LogP contribution in [0, 0.1) is 5.92 Å². The van der Waals surface area contributed by atoms with Crippen molar-refractivity contribution < 1.29 is 14.2 Å². The highest BCUT2D eigenvalue weighted by Gasteiger charge is 2.47. The van der Waals surface area contributed by atoms with E-state index in [9.17, 15) is 0 Å². The minimum atomic E-state index is -0.514. The van der Waals surface area contributed by atoms with Crippen LogP contribution in [0.25, 0.3) is 0 Å². The van der Waals surface area contributed by atoms with E-state index in [1.54, 1.807) is 0 Å². The second kappa shape index (κ2) is 5.61. The lowest BCUT2D eigenvalue weighted by atomic mass is 9.92. The summed E-state index contributed by atoms with van der Waals surface area (Å²) in [5.41, 5.74) is 0.845. The van der Waals surface area contributed by atoms with Crippen LogP contribution in [0.3, 0.4) is 0 Å². The number of ether oxygens (including phenoxy) is 3. The Bertz CT molecular complexity index is 400. The molecule has 1 fully saturated rings. The third kappa shape index (κ3) is 3.56. The molecule has 3 heteroatoms. The van der Waals surface area contributed by atoms with Gasteiger partial charge in [0.2, 0.25) is 0 Å². The molecule has 1 aliphatic rings. The van der Waals surface area contributed by atoms with Crippen molar-refractivity contribution >= 4 is 0 Å². The molecule has 0 saturated carbocycles. The quantitative estimate of drug-likeness (QED) is 0.816. The summed E-state index contributed by atoms with van der Waals surface area (Å²) in [6.45, 7) is 9.96. The maximum atomic E-state index is 6.09. The van der Waals surface area contributed by atoms with Crippen LogP contribution in [0.2, 0.25) is 0 Å². The Morgan fingerprint density at radius 1 is 1.21 bits per heavy atom. The zero-order chi connectivity index (χ0) is 13.9. The molecule has 0 N–H and O–H groups in total. The molecule has 2 rings (SSSR count). The third-order valence-corrected chi connectivity index (χ3v) is 3.62. The van der Waals surface area contributed by atoms with Crippen LogP contribution in [0.5, 0.6) is 0 Å². The molecule has 0 bridgehead atoms. The number of rotatable bonds is 5. The van der Waals surface area contributed by atoms with Crippen LogP contribution in [-0.2, 0) is 20.8 Å². The van der Waals surface area contributed by atoms with Crippen molar-refractivity contribution in [3.63, 3.8) is 0 Å². The second-order valence-corrected chi connectivity index (χ2v) is 5.99. The molecule has 1 aromatic rings. The number of benzene rings is 1. The van der Waals surface area contributed by atoms with Crippen molar-refractivity contribution in [2.45, 2.75) is 45.7 Å². The summed E-state index contributed by atoms with van der Waals surface area (Å²) in [6, 6.07) is 10.2. The van der Waals surface area contributed by atoms with E-state index in [1.165, 1.54) is 5.56 Å². The number of hydrogen-bond acceptors (Lipinski definition) is 3. The van der Waals surface area contributed by atoms with Crippen molar-refractivity contribution in [3.8, 4) is 0 Å². The minimum Gasteiger partial charge on any atom is -0.374 e. The number of hydrogen-bond donors (Lipinski definition) is 0. The molecule has 0 amide bonds. The lowest BCUT2D eigenvalue weighted by Crippen LogP contribution is -2.44. The average molecular weight is 264 g/mol. The molecular formula is C16H24O3. The fourth-order valence-corrected chi connectivity index (χ4v) is 2.28. The average Bonchev–Trinajstić information content (AvgIpc) is 2.68. The second-order valence-electron chi connectivity index (χ2n) is 5.99. The predicted molar refractivity (Wildman–Crippen MR) is 74.8 cm³/mol. The van der Waals surface area contributed by atoms with Crippen molar-refractivity contribution in [2.24, 2.45) is 5.92 Å². The molecule has 1 atom stereocenters. The summed E-state index contributed by atoms with van der Waals surface area (Å²) in [4.78, 5) is 0. The Balaban J connectivity index is 1.92. The van der Waals surface area contributed by atoms with Crippen LogP contribution in [0.15, 0.2) is 30.3 Å². The SMILES string of the molecule is CC(C)C1(COCc2ccccc2)COC(C)(C)O1. The molecule has 0 spiro atoms. The summed E-state index contributed by atoms with van der Waals surface area (Å²) < 4.78 is 17.7. The smallest absolute Gasteiger partial charge is 0.163 e. The van der Waals surface area contributed by atoms with Gasteiger partial charge in [0.1, 0.15) is 5.60 Å². The van der Waals surface area contributed by atoms with Gasteiger partial charge in [-0.15, -0.1) is 0 Å². The van der Waals surface area contributed by atoms with Crippen LogP contribution < -0.4 is 0 Å². The summed E-state index contributed by atoms with van der Waals surface area (Å²) >= 11 is 0. The van der Waals surface area contributed by atoms with E-state index < -0.39 is 5.79 Å². The van der Waals surface area contributed by atoms with Gasteiger partial charge in [-0.05, 0) is 25.3 Å². The Morgan fingerprint density at radius 3 is 2.42 bits per heavy atom. The molecule has 0 aliphatic carbocycles. The molecule has 3 nitrogen and oxygen atoms in total. The Kier molecular flexibility index (Phi) is 4.29. The van der Waals surface area contributed by atoms with Gasteiger partial charge in [-0.1, -0.05) is 44.2 Å². The maximum Gasteiger partial charge on any atom is 0.163 e. The zero-order valence-electron chi connectivity index (χ0n) is 12.3. The van der Waals surface area contributed by atoms with Gasteiger partial charge in [-0.3, -0.25) is 0 Å². The van der Waals surface area contributed by atoms with Gasteiger partial charge in [0.05, 0.1) is 19.8 Å². The highest BCUT2D eigenvalue weighted by Crippen LogP contribution is 2.36. The molecule has 19 heavy (non-hydrogen) atoms. The largest absolute Gasteiger partial charge is 0.374 e. The van der Waals surface area contributed by atoms with Gasteiger partial charge in [0.25, 0.3) is 0 Å². The van der Waals surface area contributed by atoms with Crippen LogP contribution in [-0.4, -0.2) is 24.6 Å². The normalized spacial score (nSPS) is 25.9. The fraction of sp³-hybridized carbons (Fsp3) is 0.625. The first kappa shape index (κ1) is 14.5. The monoisotopic (exact) mass is 264 g/mol. The highest BCUT2D eigenvalue weighted by atomic mass is 16.8. The highest BCUT2D eigenvalue weighted by molar-refractivity contribution is 5.13. The maximum absolute atomic E-state index is 6.09. The standard InChI is InChI=1S/C16H24O3/c1-13(2)16(12-18-15(3,4)19-16)11-17-10-14-8-6-5-7-9-14/h5-9,13H,10-12H2,1-4H3. The Labute approximate surface area is 115 Å². The molecule has 0 aromatic heterocycles.